The SMILES string of the molecule is Cn1nc(C(=O)N2CCSCC2)c2c1CC[C@@H](N(CCO)Cc1ccccc1)C2. The number of rotatable bonds is 6. The van der Waals surface area contributed by atoms with Crippen LogP contribution in [0.4, 0.5) is 0 Å². The lowest BCUT2D eigenvalue weighted by Gasteiger charge is -2.34. The molecule has 2 aromatic rings. The Labute approximate surface area is 176 Å². The van der Waals surface area contributed by atoms with Gasteiger partial charge in [-0.3, -0.25) is 14.4 Å². The maximum atomic E-state index is 13.2. The van der Waals surface area contributed by atoms with E-state index in [2.05, 4.69) is 34.3 Å². The van der Waals surface area contributed by atoms with E-state index in [1.165, 1.54) is 11.3 Å². The third-order valence-corrected chi connectivity index (χ3v) is 7.00. The Hall–Kier alpha value is -1.83. The first-order valence-corrected chi connectivity index (χ1v) is 11.6. The zero-order chi connectivity index (χ0) is 20.2. The van der Waals surface area contributed by atoms with E-state index in [9.17, 15) is 9.90 Å². The molecule has 7 heteroatoms. The summed E-state index contributed by atoms with van der Waals surface area (Å²) < 4.78 is 1.91. The van der Waals surface area contributed by atoms with Crippen molar-refractivity contribution in [1.82, 2.24) is 19.6 Å². The second-order valence-corrected chi connectivity index (χ2v) is 9.10. The van der Waals surface area contributed by atoms with Crippen molar-refractivity contribution in [3.8, 4) is 0 Å². The molecule has 1 saturated heterocycles. The van der Waals surface area contributed by atoms with Gasteiger partial charge in [-0.2, -0.15) is 16.9 Å². The molecule has 1 aliphatic carbocycles. The maximum Gasteiger partial charge on any atom is 0.274 e. The summed E-state index contributed by atoms with van der Waals surface area (Å²) in [5, 5.41) is 14.3. The predicted molar refractivity (Wildman–Crippen MR) is 116 cm³/mol. The minimum Gasteiger partial charge on any atom is -0.395 e. The number of aliphatic hydroxyl groups is 1. The molecule has 0 bridgehead atoms. The van der Waals surface area contributed by atoms with Crippen molar-refractivity contribution in [3.63, 3.8) is 0 Å². The number of hydrogen-bond acceptors (Lipinski definition) is 5. The number of benzene rings is 1. The number of nitrogens with zero attached hydrogens (tertiary/aromatic N) is 4. The van der Waals surface area contributed by atoms with Crippen molar-refractivity contribution in [3.05, 3.63) is 52.8 Å². The van der Waals surface area contributed by atoms with Crippen LogP contribution in [0.5, 0.6) is 0 Å². The fourth-order valence-corrected chi connectivity index (χ4v) is 5.41. The fraction of sp³-hybridized carbons (Fsp3) is 0.545. The van der Waals surface area contributed by atoms with Gasteiger partial charge in [0.25, 0.3) is 5.91 Å². The van der Waals surface area contributed by atoms with Crippen LogP contribution in [-0.2, 0) is 26.4 Å². The lowest BCUT2D eigenvalue weighted by atomic mass is 9.89. The summed E-state index contributed by atoms with van der Waals surface area (Å²) in [5.41, 5.74) is 4.20. The van der Waals surface area contributed by atoms with E-state index in [1.54, 1.807) is 0 Å². The monoisotopic (exact) mass is 414 g/mol. The maximum absolute atomic E-state index is 13.2. The standard InChI is InChI=1S/C22H30N4O2S/c1-24-20-8-7-18(26(9-12-27)16-17-5-3-2-4-6-17)15-19(20)21(23-24)22(28)25-10-13-29-14-11-25/h2-6,18,27H,7-16H2,1H3/t18-/m1/s1. The molecule has 1 aromatic heterocycles. The largest absolute Gasteiger partial charge is 0.395 e. The molecule has 1 fully saturated rings. The molecular weight excluding hydrogens is 384 g/mol. The fourth-order valence-electron chi connectivity index (χ4n) is 4.51. The zero-order valence-electron chi connectivity index (χ0n) is 17.1. The smallest absolute Gasteiger partial charge is 0.274 e. The second kappa shape index (κ2) is 9.32. The number of amides is 1. The summed E-state index contributed by atoms with van der Waals surface area (Å²) in [6.07, 6.45) is 2.76. The van der Waals surface area contributed by atoms with Gasteiger partial charge in [0.2, 0.25) is 0 Å². The van der Waals surface area contributed by atoms with Crippen molar-refractivity contribution in [2.24, 2.45) is 7.05 Å². The van der Waals surface area contributed by atoms with Crippen LogP contribution in [0.25, 0.3) is 0 Å². The summed E-state index contributed by atoms with van der Waals surface area (Å²) >= 11 is 1.91. The minimum atomic E-state index is 0.0829. The van der Waals surface area contributed by atoms with Gasteiger partial charge >= 0.3 is 0 Å². The van der Waals surface area contributed by atoms with Gasteiger partial charge in [-0.15, -0.1) is 0 Å². The molecule has 2 heterocycles. The first-order valence-electron chi connectivity index (χ1n) is 10.5. The van der Waals surface area contributed by atoms with Crippen LogP contribution in [0.2, 0.25) is 0 Å². The van der Waals surface area contributed by atoms with E-state index in [0.29, 0.717) is 18.3 Å². The summed E-state index contributed by atoms with van der Waals surface area (Å²) in [6, 6.07) is 10.7. The summed E-state index contributed by atoms with van der Waals surface area (Å²) in [6.45, 7) is 3.21. The second-order valence-electron chi connectivity index (χ2n) is 7.88. The number of hydrogen-bond donors (Lipinski definition) is 1. The molecule has 1 aliphatic heterocycles. The van der Waals surface area contributed by atoms with Crippen molar-refractivity contribution in [1.29, 1.82) is 0 Å². The van der Waals surface area contributed by atoms with Gasteiger partial charge in [0, 0.05) is 62.0 Å². The summed E-state index contributed by atoms with van der Waals surface area (Å²) in [4.78, 5) is 17.5. The highest BCUT2D eigenvalue weighted by atomic mass is 32.2. The Morgan fingerprint density at radius 1 is 1.28 bits per heavy atom. The molecule has 6 nitrogen and oxygen atoms in total. The molecule has 4 rings (SSSR count). The van der Waals surface area contributed by atoms with Gasteiger partial charge in [-0.1, -0.05) is 30.3 Å². The Morgan fingerprint density at radius 3 is 2.76 bits per heavy atom. The van der Waals surface area contributed by atoms with E-state index < -0.39 is 0 Å². The van der Waals surface area contributed by atoms with Crippen LogP contribution < -0.4 is 0 Å². The van der Waals surface area contributed by atoms with E-state index in [-0.39, 0.29) is 12.5 Å². The number of carbonyl (C=O) groups is 1. The number of thioether (sulfide) groups is 1. The highest BCUT2D eigenvalue weighted by Gasteiger charge is 2.33. The third kappa shape index (κ3) is 4.52. The van der Waals surface area contributed by atoms with Crippen molar-refractivity contribution >= 4 is 17.7 Å². The lowest BCUT2D eigenvalue weighted by molar-refractivity contribution is 0.0763. The van der Waals surface area contributed by atoms with E-state index in [0.717, 1.165) is 56.0 Å². The van der Waals surface area contributed by atoms with Crippen LogP contribution in [0.1, 0.15) is 33.7 Å². The number of aliphatic hydroxyl groups excluding tert-OH is 1. The number of aromatic nitrogens is 2. The van der Waals surface area contributed by atoms with E-state index in [4.69, 9.17) is 0 Å². The predicted octanol–water partition coefficient (Wildman–Crippen LogP) is 1.96. The van der Waals surface area contributed by atoms with Crippen LogP contribution in [0, 0.1) is 0 Å². The average Bonchev–Trinajstić information content (AvgIpc) is 3.10. The summed E-state index contributed by atoms with van der Waals surface area (Å²) in [5.74, 6) is 2.09. The number of fused-ring (bicyclic) bond motifs is 1. The van der Waals surface area contributed by atoms with Crippen molar-refractivity contribution < 1.29 is 9.90 Å². The van der Waals surface area contributed by atoms with Gasteiger partial charge in [0.1, 0.15) is 0 Å². The molecule has 2 aliphatic rings. The Kier molecular flexibility index (Phi) is 6.57. The molecule has 1 amide bonds. The molecule has 1 aromatic carbocycles. The van der Waals surface area contributed by atoms with Gasteiger partial charge in [0.05, 0.1) is 6.61 Å². The van der Waals surface area contributed by atoms with Gasteiger partial charge < -0.3 is 10.0 Å². The first kappa shape index (κ1) is 20.4. The Morgan fingerprint density at radius 2 is 2.03 bits per heavy atom. The Balaban J connectivity index is 1.55. The molecular formula is C22H30N4O2S. The van der Waals surface area contributed by atoms with Gasteiger partial charge in [-0.25, -0.2) is 0 Å². The van der Waals surface area contributed by atoms with Gasteiger partial charge in [-0.05, 0) is 24.8 Å². The highest BCUT2D eigenvalue weighted by Crippen LogP contribution is 2.29. The molecule has 1 atom stereocenters. The molecule has 0 radical (unpaired) electrons. The first-order chi connectivity index (χ1) is 14.2. The average molecular weight is 415 g/mol. The molecule has 156 valence electrons. The highest BCUT2D eigenvalue weighted by molar-refractivity contribution is 7.99. The third-order valence-electron chi connectivity index (χ3n) is 6.06. The Bertz CT molecular complexity index is 833. The van der Waals surface area contributed by atoms with Crippen LogP contribution in [0.15, 0.2) is 30.3 Å². The molecule has 0 unspecified atom stereocenters. The molecule has 0 saturated carbocycles. The quantitative estimate of drug-likeness (QED) is 0.783. The number of carbonyl (C=O) groups excluding carboxylic acids is 1. The molecule has 1 N–H and O–H groups in total. The minimum absolute atomic E-state index is 0.0829. The normalized spacial score (nSPS) is 19.4. The van der Waals surface area contributed by atoms with Crippen molar-refractivity contribution in [2.45, 2.75) is 31.8 Å². The van der Waals surface area contributed by atoms with E-state index in [1.807, 2.05) is 34.5 Å². The van der Waals surface area contributed by atoms with Crippen LogP contribution in [0.3, 0.4) is 0 Å². The molecule has 29 heavy (non-hydrogen) atoms. The molecule has 0 spiro atoms. The van der Waals surface area contributed by atoms with Gasteiger partial charge in [0.15, 0.2) is 5.69 Å². The zero-order valence-corrected chi connectivity index (χ0v) is 17.9. The number of aryl methyl sites for hydroxylation is 1. The van der Waals surface area contributed by atoms with Crippen LogP contribution in [-0.4, -0.2) is 74.4 Å². The van der Waals surface area contributed by atoms with E-state index >= 15 is 0 Å². The van der Waals surface area contributed by atoms with Crippen LogP contribution >= 0.6 is 11.8 Å². The topological polar surface area (TPSA) is 61.6 Å². The lowest BCUT2D eigenvalue weighted by Crippen LogP contribution is -2.42. The van der Waals surface area contributed by atoms with Crippen molar-refractivity contribution in [2.75, 3.05) is 37.7 Å². The summed E-state index contributed by atoms with van der Waals surface area (Å²) in [7, 11) is 1.96.